The van der Waals surface area contributed by atoms with E-state index < -0.39 is 0 Å². The van der Waals surface area contributed by atoms with E-state index in [1.807, 2.05) is 23.9 Å². The van der Waals surface area contributed by atoms with Crippen molar-refractivity contribution in [3.05, 3.63) is 35.6 Å². The summed E-state index contributed by atoms with van der Waals surface area (Å²) in [5.74, 6) is 0.874. The normalized spacial score (nSPS) is 14.8. The van der Waals surface area contributed by atoms with Crippen molar-refractivity contribution in [2.24, 2.45) is 5.73 Å². The number of hydrogen-bond acceptors (Lipinski definition) is 3. The lowest BCUT2D eigenvalue weighted by atomic mass is 9.97. The van der Waals surface area contributed by atoms with Crippen LogP contribution in [0.25, 0.3) is 0 Å². The summed E-state index contributed by atoms with van der Waals surface area (Å²) in [4.78, 5) is 2.26. The van der Waals surface area contributed by atoms with Crippen LogP contribution in [0.4, 0.5) is 4.39 Å². The Morgan fingerprint density at radius 2 is 1.94 bits per heavy atom. The maximum absolute atomic E-state index is 13.0. The maximum atomic E-state index is 13.0. The second-order valence-electron chi connectivity index (χ2n) is 4.54. The van der Waals surface area contributed by atoms with Crippen molar-refractivity contribution in [2.45, 2.75) is 25.4 Å². The Labute approximate surface area is 114 Å². The van der Waals surface area contributed by atoms with Crippen molar-refractivity contribution in [3.63, 3.8) is 0 Å². The summed E-state index contributed by atoms with van der Waals surface area (Å²) in [6, 6.07) is 6.92. The molecule has 1 aromatic carbocycles. The number of halogens is 1. The van der Waals surface area contributed by atoms with Crippen molar-refractivity contribution in [1.29, 1.82) is 0 Å². The van der Waals surface area contributed by atoms with Crippen LogP contribution in [-0.2, 0) is 0 Å². The molecule has 1 rings (SSSR count). The molecule has 18 heavy (non-hydrogen) atoms. The van der Waals surface area contributed by atoms with Crippen molar-refractivity contribution < 1.29 is 4.39 Å². The molecule has 0 heterocycles. The van der Waals surface area contributed by atoms with E-state index in [9.17, 15) is 4.39 Å². The van der Waals surface area contributed by atoms with Gasteiger partial charge in [0.15, 0.2) is 0 Å². The second kappa shape index (κ2) is 7.77. The number of hydrogen-bond donors (Lipinski definition) is 1. The molecule has 0 aliphatic rings. The van der Waals surface area contributed by atoms with Crippen LogP contribution in [0.1, 0.15) is 24.9 Å². The van der Waals surface area contributed by atoms with E-state index in [4.69, 9.17) is 5.73 Å². The van der Waals surface area contributed by atoms with Crippen LogP contribution >= 0.6 is 11.8 Å². The molecule has 0 amide bonds. The number of thioether (sulfide) groups is 1. The summed E-state index contributed by atoms with van der Waals surface area (Å²) < 4.78 is 13.0. The van der Waals surface area contributed by atoms with Crippen LogP contribution < -0.4 is 5.73 Å². The molecule has 2 atom stereocenters. The van der Waals surface area contributed by atoms with E-state index in [-0.39, 0.29) is 17.9 Å². The molecular formula is C14H23FN2S. The minimum absolute atomic E-state index is 0.0716. The van der Waals surface area contributed by atoms with Gasteiger partial charge in [-0.2, -0.15) is 11.8 Å². The van der Waals surface area contributed by atoms with Gasteiger partial charge in [0, 0.05) is 24.4 Å². The third-order valence-electron chi connectivity index (χ3n) is 3.21. The van der Waals surface area contributed by atoms with Crippen LogP contribution in [0.3, 0.4) is 0 Å². The average Bonchev–Trinajstić information content (AvgIpc) is 2.38. The van der Waals surface area contributed by atoms with E-state index in [2.05, 4.69) is 25.1 Å². The second-order valence-corrected chi connectivity index (χ2v) is 5.53. The molecule has 0 saturated heterocycles. The van der Waals surface area contributed by atoms with Crippen LogP contribution in [0, 0.1) is 5.82 Å². The smallest absolute Gasteiger partial charge is 0.123 e. The SMILES string of the molecule is CCC(N)C(c1ccc(F)cc1)N(C)CCSC. The third kappa shape index (κ3) is 4.26. The summed E-state index contributed by atoms with van der Waals surface area (Å²) in [5.41, 5.74) is 7.31. The fourth-order valence-electron chi connectivity index (χ4n) is 2.09. The minimum Gasteiger partial charge on any atom is -0.326 e. The van der Waals surface area contributed by atoms with Crippen molar-refractivity contribution in [1.82, 2.24) is 4.90 Å². The van der Waals surface area contributed by atoms with Crippen molar-refractivity contribution in [2.75, 3.05) is 25.6 Å². The highest BCUT2D eigenvalue weighted by Crippen LogP contribution is 2.24. The van der Waals surface area contributed by atoms with Crippen molar-refractivity contribution in [3.8, 4) is 0 Å². The molecule has 0 aliphatic heterocycles. The zero-order valence-corrected chi connectivity index (χ0v) is 12.2. The molecule has 2 N–H and O–H groups in total. The van der Waals surface area contributed by atoms with E-state index in [0.29, 0.717) is 0 Å². The first-order valence-electron chi connectivity index (χ1n) is 6.30. The highest BCUT2D eigenvalue weighted by molar-refractivity contribution is 7.98. The van der Waals surface area contributed by atoms with E-state index in [1.165, 1.54) is 12.1 Å². The van der Waals surface area contributed by atoms with Gasteiger partial charge in [0.1, 0.15) is 5.82 Å². The molecule has 1 aromatic rings. The fraction of sp³-hybridized carbons (Fsp3) is 0.571. The summed E-state index contributed by atoms with van der Waals surface area (Å²) in [7, 11) is 2.08. The molecule has 102 valence electrons. The largest absolute Gasteiger partial charge is 0.326 e. The first-order chi connectivity index (χ1) is 8.60. The molecule has 0 fully saturated rings. The van der Waals surface area contributed by atoms with Gasteiger partial charge in [0.25, 0.3) is 0 Å². The number of benzene rings is 1. The molecule has 0 radical (unpaired) electrons. The first kappa shape index (κ1) is 15.5. The van der Waals surface area contributed by atoms with Gasteiger partial charge in [0.2, 0.25) is 0 Å². The topological polar surface area (TPSA) is 29.3 Å². The molecule has 2 nitrogen and oxygen atoms in total. The maximum Gasteiger partial charge on any atom is 0.123 e. The molecule has 0 saturated carbocycles. The van der Waals surface area contributed by atoms with Gasteiger partial charge < -0.3 is 5.73 Å². The summed E-state index contributed by atoms with van der Waals surface area (Å²) in [6.07, 6.45) is 3.01. The zero-order valence-electron chi connectivity index (χ0n) is 11.4. The molecular weight excluding hydrogens is 247 g/mol. The Hall–Kier alpha value is -0.580. The number of nitrogens with two attached hydrogens (primary N) is 1. The summed E-state index contributed by atoms with van der Waals surface area (Å²) in [5, 5.41) is 0. The minimum atomic E-state index is -0.200. The first-order valence-corrected chi connectivity index (χ1v) is 7.69. The molecule has 4 heteroatoms. The highest BCUT2D eigenvalue weighted by atomic mass is 32.2. The average molecular weight is 270 g/mol. The fourth-order valence-corrected chi connectivity index (χ4v) is 2.56. The quantitative estimate of drug-likeness (QED) is 0.826. The van der Waals surface area contributed by atoms with E-state index in [1.54, 1.807) is 0 Å². The standard InChI is InChI=1S/C14H23FN2S/c1-4-13(16)14(17(2)9-10-18-3)11-5-7-12(15)8-6-11/h5-8,13-14H,4,9-10,16H2,1-3H3. The summed E-state index contributed by atoms with van der Waals surface area (Å²) in [6.45, 7) is 3.07. The van der Waals surface area contributed by atoms with Crippen LogP contribution in [0.15, 0.2) is 24.3 Å². The van der Waals surface area contributed by atoms with Gasteiger partial charge >= 0.3 is 0 Å². The van der Waals surface area contributed by atoms with E-state index >= 15 is 0 Å². The van der Waals surface area contributed by atoms with Crippen molar-refractivity contribution >= 4 is 11.8 Å². The van der Waals surface area contributed by atoms with Gasteiger partial charge in [-0.3, -0.25) is 4.90 Å². The summed E-state index contributed by atoms with van der Waals surface area (Å²) >= 11 is 1.82. The van der Waals surface area contributed by atoms with Gasteiger partial charge in [-0.1, -0.05) is 19.1 Å². The molecule has 0 aromatic heterocycles. The number of rotatable bonds is 7. The highest BCUT2D eigenvalue weighted by Gasteiger charge is 2.22. The van der Waals surface area contributed by atoms with Gasteiger partial charge in [-0.15, -0.1) is 0 Å². The van der Waals surface area contributed by atoms with Crippen LogP contribution in [0.5, 0.6) is 0 Å². The molecule has 0 spiro atoms. The lowest BCUT2D eigenvalue weighted by Crippen LogP contribution is -2.39. The molecule has 0 bridgehead atoms. The molecule has 0 aliphatic carbocycles. The van der Waals surface area contributed by atoms with Crippen LogP contribution in [0.2, 0.25) is 0 Å². The monoisotopic (exact) mass is 270 g/mol. The predicted molar refractivity (Wildman–Crippen MR) is 78.4 cm³/mol. The van der Waals surface area contributed by atoms with Gasteiger partial charge in [-0.25, -0.2) is 4.39 Å². The van der Waals surface area contributed by atoms with E-state index in [0.717, 1.165) is 24.3 Å². The molecule has 2 unspecified atom stereocenters. The predicted octanol–water partition coefficient (Wildman–Crippen LogP) is 2.90. The lowest BCUT2D eigenvalue weighted by molar-refractivity contribution is 0.221. The Morgan fingerprint density at radius 1 is 1.33 bits per heavy atom. The Kier molecular flexibility index (Phi) is 6.68. The third-order valence-corrected chi connectivity index (χ3v) is 3.80. The Morgan fingerprint density at radius 3 is 2.44 bits per heavy atom. The lowest BCUT2D eigenvalue weighted by Gasteiger charge is -2.32. The van der Waals surface area contributed by atoms with Gasteiger partial charge in [0.05, 0.1) is 0 Å². The van der Waals surface area contributed by atoms with Crippen LogP contribution in [-0.4, -0.2) is 36.5 Å². The number of likely N-dealkylation sites (N-methyl/N-ethyl adjacent to an activating group) is 1. The van der Waals surface area contributed by atoms with Gasteiger partial charge in [-0.05, 0) is 37.4 Å². The Balaban J connectivity index is 2.86. The Bertz CT molecular complexity index is 342. The number of nitrogens with zero attached hydrogens (tertiary/aromatic N) is 1. The zero-order chi connectivity index (χ0) is 13.5.